The van der Waals surface area contributed by atoms with E-state index in [0.717, 1.165) is 12.1 Å². The Morgan fingerprint density at radius 1 is 1.35 bits per heavy atom. The van der Waals surface area contributed by atoms with Crippen molar-refractivity contribution in [2.75, 3.05) is 14.1 Å². The minimum atomic E-state index is -0.490. The van der Waals surface area contributed by atoms with Crippen molar-refractivity contribution in [1.82, 2.24) is 10.2 Å². The largest absolute Gasteiger partial charge is 0.351 e. The normalized spacial score (nSPS) is 12.5. The van der Waals surface area contributed by atoms with E-state index in [1.807, 2.05) is 32.3 Å². The van der Waals surface area contributed by atoms with Crippen molar-refractivity contribution < 1.29 is 4.79 Å². The van der Waals surface area contributed by atoms with Crippen LogP contribution in [0.4, 0.5) is 0 Å². The van der Waals surface area contributed by atoms with Crippen LogP contribution in [0.15, 0.2) is 24.3 Å². The first-order chi connectivity index (χ1) is 8.00. The number of benzene rings is 1. The number of carbonyl (C=O) groups excluding carboxylic acids is 1. The number of halogens is 1. The molecule has 0 spiro atoms. The Labute approximate surface area is 108 Å². The van der Waals surface area contributed by atoms with Crippen molar-refractivity contribution >= 4 is 17.5 Å². The fourth-order valence-corrected chi connectivity index (χ4v) is 1.63. The zero-order valence-corrected chi connectivity index (χ0v) is 11.3. The average molecular weight is 255 g/mol. The third-order valence-corrected chi connectivity index (χ3v) is 2.62. The fourth-order valence-electron chi connectivity index (χ4n) is 1.55. The van der Waals surface area contributed by atoms with Crippen LogP contribution in [0.2, 0.25) is 0 Å². The lowest BCUT2D eigenvalue weighted by Crippen LogP contribution is -2.29. The zero-order chi connectivity index (χ0) is 12.8. The molecule has 0 aliphatic rings. The maximum atomic E-state index is 11.4. The summed E-state index contributed by atoms with van der Waals surface area (Å²) in [4.78, 5) is 13.5. The van der Waals surface area contributed by atoms with Crippen LogP contribution >= 0.6 is 11.6 Å². The van der Waals surface area contributed by atoms with E-state index in [4.69, 9.17) is 11.6 Å². The highest BCUT2D eigenvalue weighted by Crippen LogP contribution is 2.10. The van der Waals surface area contributed by atoms with E-state index >= 15 is 0 Å². The summed E-state index contributed by atoms with van der Waals surface area (Å²) in [6.45, 7) is 3.06. The maximum absolute atomic E-state index is 11.4. The molecule has 0 radical (unpaired) electrons. The molecule has 1 amide bonds. The third-order valence-electron chi connectivity index (χ3n) is 2.42. The summed E-state index contributed by atoms with van der Waals surface area (Å²) in [5.41, 5.74) is 2.35. The van der Waals surface area contributed by atoms with Gasteiger partial charge >= 0.3 is 0 Å². The maximum Gasteiger partial charge on any atom is 0.238 e. The molecule has 3 nitrogen and oxygen atoms in total. The quantitative estimate of drug-likeness (QED) is 0.815. The SMILES string of the molecule is CC(Cl)C(=O)NCc1ccccc1CN(C)C. The highest BCUT2D eigenvalue weighted by molar-refractivity contribution is 6.30. The van der Waals surface area contributed by atoms with Gasteiger partial charge in [-0.1, -0.05) is 24.3 Å². The molecule has 1 rings (SSSR count). The molecule has 1 aromatic carbocycles. The number of hydrogen-bond donors (Lipinski definition) is 1. The van der Waals surface area contributed by atoms with Gasteiger partial charge < -0.3 is 10.2 Å². The van der Waals surface area contributed by atoms with Crippen LogP contribution in [0.25, 0.3) is 0 Å². The summed E-state index contributed by atoms with van der Waals surface area (Å²) in [5, 5.41) is 2.33. The standard InChI is InChI=1S/C13H19ClN2O/c1-10(14)13(17)15-8-11-6-4-5-7-12(11)9-16(2)3/h4-7,10H,8-9H2,1-3H3,(H,15,17). The first kappa shape index (κ1) is 14.0. The van der Waals surface area contributed by atoms with Gasteiger partial charge in [0.25, 0.3) is 0 Å². The number of rotatable bonds is 5. The number of hydrogen-bond acceptors (Lipinski definition) is 2. The molecule has 0 fully saturated rings. The van der Waals surface area contributed by atoms with E-state index in [0.29, 0.717) is 6.54 Å². The second kappa shape index (κ2) is 6.62. The Morgan fingerprint density at radius 2 is 1.94 bits per heavy atom. The minimum Gasteiger partial charge on any atom is -0.351 e. The molecule has 1 aromatic rings. The molecule has 0 saturated carbocycles. The Morgan fingerprint density at radius 3 is 2.47 bits per heavy atom. The number of nitrogens with zero attached hydrogens (tertiary/aromatic N) is 1. The van der Waals surface area contributed by atoms with Crippen LogP contribution in [0.5, 0.6) is 0 Å². The van der Waals surface area contributed by atoms with Crippen LogP contribution < -0.4 is 5.32 Å². The lowest BCUT2D eigenvalue weighted by Gasteiger charge is -2.15. The minimum absolute atomic E-state index is 0.133. The van der Waals surface area contributed by atoms with E-state index in [1.54, 1.807) is 6.92 Å². The summed E-state index contributed by atoms with van der Waals surface area (Å²) in [5.74, 6) is -0.133. The summed E-state index contributed by atoms with van der Waals surface area (Å²) in [6.07, 6.45) is 0. The van der Waals surface area contributed by atoms with Crippen molar-refractivity contribution in [3.05, 3.63) is 35.4 Å². The number of carbonyl (C=O) groups is 1. The molecule has 0 aliphatic carbocycles. The Bertz CT molecular complexity index is 377. The average Bonchev–Trinajstić information content (AvgIpc) is 2.26. The smallest absolute Gasteiger partial charge is 0.238 e. The predicted molar refractivity (Wildman–Crippen MR) is 71.0 cm³/mol. The first-order valence-electron chi connectivity index (χ1n) is 5.64. The topological polar surface area (TPSA) is 32.3 Å². The summed E-state index contributed by atoms with van der Waals surface area (Å²) in [6, 6.07) is 8.09. The predicted octanol–water partition coefficient (Wildman–Crippen LogP) is 1.99. The second-order valence-electron chi connectivity index (χ2n) is 4.34. The molecule has 0 heterocycles. The van der Waals surface area contributed by atoms with Crippen molar-refractivity contribution in [3.63, 3.8) is 0 Å². The van der Waals surface area contributed by atoms with Gasteiger partial charge in [0.05, 0.1) is 0 Å². The molecule has 0 aliphatic heterocycles. The van der Waals surface area contributed by atoms with Crippen molar-refractivity contribution in [2.24, 2.45) is 0 Å². The molecule has 1 atom stereocenters. The lowest BCUT2D eigenvalue weighted by molar-refractivity contribution is -0.120. The van der Waals surface area contributed by atoms with E-state index in [-0.39, 0.29) is 5.91 Å². The number of nitrogens with one attached hydrogen (secondary N) is 1. The molecule has 4 heteroatoms. The van der Waals surface area contributed by atoms with Gasteiger partial charge in [-0.05, 0) is 32.1 Å². The monoisotopic (exact) mass is 254 g/mol. The van der Waals surface area contributed by atoms with Crippen LogP contribution in [0, 0.1) is 0 Å². The molecule has 0 saturated heterocycles. The van der Waals surface area contributed by atoms with E-state index in [1.165, 1.54) is 5.56 Å². The molecule has 1 N–H and O–H groups in total. The van der Waals surface area contributed by atoms with Crippen LogP contribution in [0.3, 0.4) is 0 Å². The van der Waals surface area contributed by atoms with Gasteiger partial charge in [-0.25, -0.2) is 0 Å². The third kappa shape index (κ3) is 4.75. The van der Waals surface area contributed by atoms with Crippen LogP contribution in [-0.4, -0.2) is 30.3 Å². The number of amides is 1. The van der Waals surface area contributed by atoms with Gasteiger partial charge in [0.1, 0.15) is 5.38 Å². The van der Waals surface area contributed by atoms with Gasteiger partial charge in [-0.15, -0.1) is 11.6 Å². The Kier molecular flexibility index (Phi) is 5.45. The first-order valence-corrected chi connectivity index (χ1v) is 6.07. The van der Waals surface area contributed by atoms with Gasteiger partial charge in [0, 0.05) is 13.1 Å². The molecular formula is C13H19ClN2O. The summed E-state index contributed by atoms with van der Waals surface area (Å²) in [7, 11) is 4.05. The van der Waals surface area contributed by atoms with E-state index in [2.05, 4.69) is 16.3 Å². The van der Waals surface area contributed by atoms with E-state index in [9.17, 15) is 4.79 Å². The van der Waals surface area contributed by atoms with Crippen LogP contribution in [-0.2, 0) is 17.9 Å². The van der Waals surface area contributed by atoms with Crippen LogP contribution in [0.1, 0.15) is 18.1 Å². The summed E-state index contributed by atoms with van der Waals surface area (Å²) < 4.78 is 0. The Balaban J connectivity index is 2.67. The van der Waals surface area contributed by atoms with Gasteiger partial charge in [0.2, 0.25) is 5.91 Å². The number of alkyl halides is 1. The summed E-state index contributed by atoms with van der Waals surface area (Å²) >= 11 is 5.70. The zero-order valence-electron chi connectivity index (χ0n) is 10.5. The fraction of sp³-hybridized carbons (Fsp3) is 0.462. The molecule has 0 bridgehead atoms. The molecule has 94 valence electrons. The van der Waals surface area contributed by atoms with E-state index < -0.39 is 5.38 Å². The van der Waals surface area contributed by atoms with Crippen molar-refractivity contribution in [1.29, 1.82) is 0 Å². The highest BCUT2D eigenvalue weighted by Gasteiger charge is 2.09. The molecule has 0 aromatic heterocycles. The molecule has 1 unspecified atom stereocenters. The van der Waals surface area contributed by atoms with Crippen molar-refractivity contribution in [3.8, 4) is 0 Å². The highest BCUT2D eigenvalue weighted by atomic mass is 35.5. The molecular weight excluding hydrogens is 236 g/mol. The van der Waals surface area contributed by atoms with Gasteiger partial charge in [0.15, 0.2) is 0 Å². The lowest BCUT2D eigenvalue weighted by atomic mass is 10.1. The van der Waals surface area contributed by atoms with Gasteiger partial charge in [-0.3, -0.25) is 4.79 Å². The van der Waals surface area contributed by atoms with Crippen molar-refractivity contribution in [2.45, 2.75) is 25.4 Å². The second-order valence-corrected chi connectivity index (χ2v) is 4.99. The molecule has 17 heavy (non-hydrogen) atoms. The Hall–Kier alpha value is -1.06. The van der Waals surface area contributed by atoms with Gasteiger partial charge in [-0.2, -0.15) is 0 Å².